The molecule has 1 atom stereocenters. The Morgan fingerprint density at radius 1 is 0.886 bits per heavy atom. The number of carbonyl (C=O) groups excluding carboxylic acids is 2. The van der Waals surface area contributed by atoms with E-state index in [0.717, 1.165) is 21.2 Å². The van der Waals surface area contributed by atoms with Crippen molar-refractivity contribution in [3.63, 3.8) is 0 Å². The van der Waals surface area contributed by atoms with E-state index in [1.54, 1.807) is 24.1 Å². The zero-order chi connectivity index (χ0) is 24.8. The highest BCUT2D eigenvalue weighted by Gasteiger charge is 2.24. The molecule has 4 rings (SSSR count). The predicted octanol–water partition coefficient (Wildman–Crippen LogP) is 5.81. The molecule has 0 radical (unpaired) electrons. The van der Waals surface area contributed by atoms with Crippen molar-refractivity contribution in [1.29, 1.82) is 0 Å². The summed E-state index contributed by atoms with van der Waals surface area (Å²) in [6, 6.07) is 23.9. The van der Waals surface area contributed by atoms with E-state index < -0.39 is 11.9 Å². The molecule has 6 nitrogen and oxygen atoms in total. The molecule has 0 saturated heterocycles. The van der Waals surface area contributed by atoms with E-state index in [-0.39, 0.29) is 17.2 Å². The molecule has 0 fully saturated rings. The maximum atomic E-state index is 13.4. The Bertz CT molecular complexity index is 1300. The van der Waals surface area contributed by atoms with Crippen LogP contribution in [-0.4, -0.2) is 23.4 Å². The van der Waals surface area contributed by atoms with Crippen LogP contribution in [0.3, 0.4) is 0 Å². The van der Waals surface area contributed by atoms with Gasteiger partial charge in [0.1, 0.15) is 6.04 Å². The van der Waals surface area contributed by atoms with Crippen molar-refractivity contribution in [2.45, 2.75) is 43.7 Å². The molecule has 0 aliphatic heterocycles. The highest BCUT2D eigenvalue weighted by Crippen LogP contribution is 2.32. The van der Waals surface area contributed by atoms with Crippen LogP contribution >= 0.6 is 11.9 Å². The lowest BCUT2D eigenvalue weighted by molar-refractivity contribution is -0.118. The minimum atomic E-state index is -0.787. The van der Waals surface area contributed by atoms with Crippen LogP contribution in [0.1, 0.15) is 36.9 Å². The monoisotopic (exact) mass is 487 g/mol. The number of hydrogen-bond donors (Lipinski definition) is 3. The second-order valence-corrected chi connectivity index (χ2v) is 10.1. The van der Waals surface area contributed by atoms with Crippen LogP contribution < -0.4 is 15.4 Å². The van der Waals surface area contributed by atoms with Crippen LogP contribution in [0.15, 0.2) is 94.4 Å². The van der Waals surface area contributed by atoms with Crippen molar-refractivity contribution in [3.8, 4) is 0 Å². The number of hydrogen-bond acceptors (Lipinski definition) is 5. The van der Waals surface area contributed by atoms with Crippen molar-refractivity contribution in [2.24, 2.45) is 0 Å². The Morgan fingerprint density at radius 3 is 2.34 bits per heavy atom. The lowest BCUT2D eigenvalue weighted by Gasteiger charge is -2.21. The van der Waals surface area contributed by atoms with Crippen LogP contribution in [0.4, 0.5) is 5.69 Å². The first-order chi connectivity index (χ1) is 16.8. The van der Waals surface area contributed by atoms with Crippen molar-refractivity contribution in [1.82, 2.24) is 10.0 Å². The van der Waals surface area contributed by atoms with E-state index in [1.807, 2.05) is 60.7 Å². The van der Waals surface area contributed by atoms with E-state index in [4.69, 9.17) is 4.42 Å². The number of benzene rings is 3. The van der Waals surface area contributed by atoms with Crippen LogP contribution in [0.2, 0.25) is 0 Å². The Labute approximate surface area is 209 Å². The third kappa shape index (κ3) is 6.53. The van der Waals surface area contributed by atoms with Gasteiger partial charge in [-0.1, -0.05) is 54.6 Å². The third-order valence-corrected chi connectivity index (χ3v) is 6.55. The normalized spacial score (nSPS) is 12.3. The van der Waals surface area contributed by atoms with Crippen LogP contribution in [-0.2, 0) is 11.2 Å². The SMILES string of the molecule is CC(C)(C)NSc1cccc2c(NC(=O)[C@H](Cc3ccccc3)NC(=O)c3ccco3)cccc12. The summed E-state index contributed by atoms with van der Waals surface area (Å²) < 4.78 is 8.65. The quantitative estimate of drug-likeness (QED) is 0.273. The standard InChI is InChI=1S/C28H29N3O3S/c1-28(2,3)31-35-25-16-8-12-20-21(25)13-7-14-22(20)29-26(32)23(18-19-10-5-4-6-11-19)30-27(33)24-15-9-17-34-24/h4-17,23,31H,18H2,1-3H3,(H,29,32)(H,30,33)/t23-/m0/s1. The summed E-state index contributed by atoms with van der Waals surface area (Å²) in [4.78, 5) is 27.2. The van der Waals surface area contributed by atoms with Crippen LogP contribution in [0.25, 0.3) is 10.8 Å². The minimum Gasteiger partial charge on any atom is -0.459 e. The summed E-state index contributed by atoms with van der Waals surface area (Å²) in [5.41, 5.74) is 1.59. The van der Waals surface area contributed by atoms with Gasteiger partial charge in [-0.05, 0) is 67.9 Å². The summed E-state index contributed by atoms with van der Waals surface area (Å²) in [5, 5.41) is 7.83. The fourth-order valence-corrected chi connectivity index (χ4v) is 4.45. The van der Waals surface area contributed by atoms with Gasteiger partial charge in [-0.3, -0.25) is 14.3 Å². The van der Waals surface area contributed by atoms with E-state index in [2.05, 4.69) is 42.2 Å². The van der Waals surface area contributed by atoms with Crippen LogP contribution in [0.5, 0.6) is 0 Å². The molecule has 0 unspecified atom stereocenters. The van der Waals surface area contributed by atoms with Crippen molar-refractivity contribution in [2.75, 3.05) is 5.32 Å². The molecule has 0 spiro atoms. The maximum Gasteiger partial charge on any atom is 0.287 e. The second-order valence-electron chi connectivity index (χ2n) is 9.29. The number of fused-ring (bicyclic) bond motifs is 1. The molecule has 0 aliphatic rings. The Balaban J connectivity index is 1.59. The smallest absolute Gasteiger partial charge is 0.287 e. The van der Waals surface area contributed by atoms with E-state index in [0.29, 0.717) is 12.1 Å². The minimum absolute atomic E-state index is 0.0461. The van der Waals surface area contributed by atoms with Gasteiger partial charge in [-0.15, -0.1) is 0 Å². The molecule has 180 valence electrons. The van der Waals surface area contributed by atoms with Gasteiger partial charge < -0.3 is 15.1 Å². The molecule has 7 heteroatoms. The highest BCUT2D eigenvalue weighted by molar-refractivity contribution is 7.97. The number of nitrogens with one attached hydrogen (secondary N) is 3. The molecule has 2 amide bonds. The maximum absolute atomic E-state index is 13.4. The zero-order valence-corrected chi connectivity index (χ0v) is 20.8. The fraction of sp³-hybridized carbons (Fsp3) is 0.214. The van der Waals surface area contributed by atoms with Gasteiger partial charge in [0.2, 0.25) is 5.91 Å². The average molecular weight is 488 g/mol. The van der Waals surface area contributed by atoms with E-state index in [1.165, 1.54) is 6.26 Å². The van der Waals surface area contributed by atoms with Gasteiger partial charge in [-0.2, -0.15) is 0 Å². The summed E-state index contributed by atoms with van der Waals surface area (Å²) in [6.45, 7) is 6.34. The Hall–Kier alpha value is -3.55. The summed E-state index contributed by atoms with van der Waals surface area (Å²) in [7, 11) is 0. The van der Waals surface area contributed by atoms with E-state index in [9.17, 15) is 9.59 Å². The van der Waals surface area contributed by atoms with E-state index >= 15 is 0 Å². The Morgan fingerprint density at radius 2 is 1.63 bits per heavy atom. The lowest BCUT2D eigenvalue weighted by atomic mass is 10.0. The van der Waals surface area contributed by atoms with Crippen LogP contribution in [0, 0.1) is 0 Å². The number of rotatable bonds is 8. The van der Waals surface area contributed by atoms with Gasteiger partial charge in [0, 0.05) is 27.9 Å². The summed E-state index contributed by atoms with van der Waals surface area (Å²) >= 11 is 1.57. The van der Waals surface area contributed by atoms with Gasteiger partial charge >= 0.3 is 0 Å². The molecule has 1 heterocycles. The first-order valence-corrected chi connectivity index (χ1v) is 12.3. The van der Waals surface area contributed by atoms with Crippen molar-refractivity contribution < 1.29 is 14.0 Å². The largest absolute Gasteiger partial charge is 0.459 e. The third-order valence-electron chi connectivity index (χ3n) is 5.26. The number of furan rings is 1. The Kier molecular flexibility index (Phi) is 7.58. The van der Waals surface area contributed by atoms with Gasteiger partial charge in [0.15, 0.2) is 5.76 Å². The molecule has 35 heavy (non-hydrogen) atoms. The molecule has 0 saturated carbocycles. The number of amides is 2. The number of anilines is 1. The molecule has 4 aromatic rings. The van der Waals surface area contributed by atoms with Gasteiger partial charge in [-0.25, -0.2) is 0 Å². The summed E-state index contributed by atoms with van der Waals surface area (Å²) in [6.07, 6.45) is 1.78. The van der Waals surface area contributed by atoms with Gasteiger partial charge in [0.05, 0.1) is 6.26 Å². The second kappa shape index (κ2) is 10.8. The molecule has 3 N–H and O–H groups in total. The summed E-state index contributed by atoms with van der Waals surface area (Å²) in [5.74, 6) is -0.572. The topological polar surface area (TPSA) is 83.4 Å². The zero-order valence-electron chi connectivity index (χ0n) is 20.0. The first kappa shape index (κ1) is 24.6. The fourth-order valence-electron chi connectivity index (χ4n) is 3.60. The van der Waals surface area contributed by atoms with Gasteiger partial charge in [0.25, 0.3) is 5.91 Å². The molecule has 3 aromatic carbocycles. The van der Waals surface area contributed by atoms with Crippen molar-refractivity contribution in [3.05, 3.63) is 96.4 Å². The molecule has 1 aromatic heterocycles. The number of carbonyl (C=O) groups is 2. The molecule has 0 aliphatic carbocycles. The molecular formula is C28H29N3O3S. The first-order valence-electron chi connectivity index (χ1n) is 11.4. The molecule has 0 bridgehead atoms. The predicted molar refractivity (Wildman–Crippen MR) is 141 cm³/mol. The van der Waals surface area contributed by atoms with Crippen molar-refractivity contribution >= 4 is 40.2 Å². The molecular weight excluding hydrogens is 458 g/mol. The lowest BCUT2D eigenvalue weighted by Crippen LogP contribution is -2.45. The highest BCUT2D eigenvalue weighted by atomic mass is 32.2. The average Bonchev–Trinajstić information content (AvgIpc) is 3.38.